The highest BCUT2D eigenvalue weighted by Gasteiger charge is 2.30. The molecule has 1 fully saturated rings. The van der Waals surface area contributed by atoms with Gasteiger partial charge >= 0.3 is 6.18 Å². The zero-order chi connectivity index (χ0) is 25.9. The molecule has 0 bridgehead atoms. The summed E-state index contributed by atoms with van der Waals surface area (Å²) < 4.78 is 85.4. The number of alkyl halides is 3. The van der Waals surface area contributed by atoms with Gasteiger partial charge in [0.2, 0.25) is 0 Å². The van der Waals surface area contributed by atoms with Gasteiger partial charge in [-0.3, -0.25) is 0 Å². The molecule has 0 aromatic heterocycles. The number of allylic oxidation sites excluding steroid dienone is 2. The van der Waals surface area contributed by atoms with Crippen molar-refractivity contribution in [2.24, 2.45) is 11.8 Å². The number of ether oxygens (including phenoxy) is 1. The average molecular weight is 502 g/mol. The summed E-state index contributed by atoms with van der Waals surface area (Å²) in [6, 6.07) is 9.50. The second-order valence-electron chi connectivity index (χ2n) is 8.94. The van der Waals surface area contributed by atoms with Crippen molar-refractivity contribution in [1.29, 1.82) is 0 Å². The van der Waals surface area contributed by atoms with E-state index in [1.54, 1.807) is 12.1 Å². The summed E-state index contributed by atoms with van der Waals surface area (Å²) in [5.74, 6) is 3.03. The molecule has 188 valence electrons. The third-order valence-electron chi connectivity index (χ3n) is 6.30. The topological polar surface area (TPSA) is 9.23 Å². The lowest BCUT2D eigenvalue weighted by molar-refractivity contribution is -0.154. The van der Waals surface area contributed by atoms with Crippen molar-refractivity contribution in [2.75, 3.05) is 6.61 Å². The minimum absolute atomic E-state index is 0.0682. The molecule has 3 aromatic rings. The fourth-order valence-electron chi connectivity index (χ4n) is 4.51. The predicted octanol–water partition coefficient (Wildman–Crippen LogP) is 8.60. The summed E-state index contributed by atoms with van der Waals surface area (Å²) in [6.07, 6.45) is 3.77. The Morgan fingerprint density at radius 1 is 0.944 bits per heavy atom. The first-order valence-electron chi connectivity index (χ1n) is 11.7. The van der Waals surface area contributed by atoms with Gasteiger partial charge in [0, 0.05) is 22.4 Å². The van der Waals surface area contributed by atoms with Gasteiger partial charge in [0.25, 0.3) is 0 Å². The highest BCUT2D eigenvalue weighted by molar-refractivity contribution is 5.89. The van der Waals surface area contributed by atoms with Crippen molar-refractivity contribution in [2.45, 2.75) is 38.8 Å². The van der Waals surface area contributed by atoms with Crippen molar-refractivity contribution in [3.63, 3.8) is 0 Å². The number of rotatable bonds is 4. The molecule has 0 heterocycles. The molecule has 0 atom stereocenters. The quantitative estimate of drug-likeness (QED) is 0.197. The van der Waals surface area contributed by atoms with E-state index in [0.29, 0.717) is 17.0 Å². The van der Waals surface area contributed by atoms with Gasteiger partial charge in [0.1, 0.15) is 5.82 Å². The largest absolute Gasteiger partial charge is 0.478 e. The van der Waals surface area contributed by atoms with Crippen LogP contribution in [0.3, 0.4) is 0 Å². The SMILES string of the molecule is C/C=C/C1CCC(C#Cc2ccc(-c3ccc4c(F)c(OCC(F)(F)F)c(F)cc4c3)c(F)c2)CC1. The van der Waals surface area contributed by atoms with E-state index in [1.165, 1.54) is 24.3 Å². The van der Waals surface area contributed by atoms with Gasteiger partial charge in [-0.1, -0.05) is 42.2 Å². The number of fused-ring (bicyclic) bond motifs is 1. The zero-order valence-corrected chi connectivity index (χ0v) is 19.6. The maximum absolute atomic E-state index is 14.9. The normalized spacial score (nSPS) is 18.3. The van der Waals surface area contributed by atoms with E-state index in [2.05, 4.69) is 28.7 Å². The van der Waals surface area contributed by atoms with Crippen LogP contribution in [-0.2, 0) is 0 Å². The van der Waals surface area contributed by atoms with Crippen molar-refractivity contribution in [3.8, 4) is 28.7 Å². The summed E-state index contributed by atoms with van der Waals surface area (Å²) in [5.41, 5.74) is 1.12. The van der Waals surface area contributed by atoms with Gasteiger partial charge < -0.3 is 4.74 Å². The van der Waals surface area contributed by atoms with E-state index in [1.807, 2.05) is 6.92 Å². The Morgan fingerprint density at radius 2 is 1.69 bits per heavy atom. The average Bonchev–Trinajstić information content (AvgIpc) is 2.83. The molecule has 36 heavy (non-hydrogen) atoms. The molecule has 0 saturated heterocycles. The standard InChI is InChI=1S/C29H24F6O/c1-2-3-18-4-6-19(7-5-18)8-9-20-10-12-23(25(30)14-20)21-11-13-24-22(15-21)16-26(31)28(27(24)32)36-17-29(33,34)35/h2-3,10-16,18-19H,4-7,17H2,1H3/b3-2+. The molecule has 0 radical (unpaired) electrons. The molecule has 0 N–H and O–H groups in total. The molecule has 1 aliphatic rings. The van der Waals surface area contributed by atoms with Crippen molar-refractivity contribution in [1.82, 2.24) is 0 Å². The summed E-state index contributed by atoms with van der Waals surface area (Å²) in [4.78, 5) is 0. The molecular weight excluding hydrogens is 478 g/mol. The second-order valence-corrected chi connectivity index (χ2v) is 8.94. The van der Waals surface area contributed by atoms with Gasteiger partial charge in [-0.05, 0) is 73.7 Å². The van der Waals surface area contributed by atoms with Crippen LogP contribution in [0.15, 0.2) is 54.6 Å². The van der Waals surface area contributed by atoms with Crippen molar-refractivity contribution < 1.29 is 31.1 Å². The number of hydrogen-bond donors (Lipinski definition) is 0. The minimum atomic E-state index is -4.74. The fourth-order valence-corrected chi connectivity index (χ4v) is 4.51. The van der Waals surface area contributed by atoms with Crippen LogP contribution < -0.4 is 4.74 Å². The Morgan fingerprint density at radius 3 is 2.36 bits per heavy atom. The highest BCUT2D eigenvalue weighted by atomic mass is 19.4. The third-order valence-corrected chi connectivity index (χ3v) is 6.30. The van der Waals surface area contributed by atoms with E-state index >= 15 is 0 Å². The molecule has 0 amide bonds. The molecule has 0 unspecified atom stereocenters. The first kappa shape index (κ1) is 25.7. The van der Waals surface area contributed by atoms with E-state index in [4.69, 9.17) is 0 Å². The van der Waals surface area contributed by atoms with Crippen LogP contribution in [0.5, 0.6) is 5.75 Å². The Bertz CT molecular complexity index is 1340. The maximum Gasteiger partial charge on any atom is 0.422 e. The van der Waals surface area contributed by atoms with Crippen molar-refractivity contribution in [3.05, 3.63) is 77.6 Å². The first-order chi connectivity index (χ1) is 17.1. The molecule has 1 saturated carbocycles. The molecule has 1 nitrogen and oxygen atoms in total. The summed E-state index contributed by atoms with van der Waals surface area (Å²) in [6.45, 7) is 0.203. The molecule has 7 heteroatoms. The molecule has 0 aliphatic heterocycles. The van der Waals surface area contributed by atoms with Crippen LogP contribution in [-0.4, -0.2) is 12.8 Å². The molecular formula is C29H24F6O. The minimum Gasteiger partial charge on any atom is -0.478 e. The smallest absolute Gasteiger partial charge is 0.422 e. The molecule has 3 aromatic carbocycles. The van der Waals surface area contributed by atoms with Crippen LogP contribution in [0.4, 0.5) is 26.3 Å². The maximum atomic E-state index is 14.9. The van der Waals surface area contributed by atoms with E-state index in [0.717, 1.165) is 31.7 Å². The van der Waals surface area contributed by atoms with Crippen LogP contribution in [0, 0.1) is 41.1 Å². The molecule has 0 spiro atoms. The second kappa shape index (κ2) is 10.7. The number of halogens is 6. The predicted molar refractivity (Wildman–Crippen MR) is 128 cm³/mol. The lowest BCUT2D eigenvalue weighted by Gasteiger charge is -2.22. The van der Waals surface area contributed by atoms with Crippen LogP contribution in [0.1, 0.15) is 38.2 Å². The number of benzene rings is 3. The van der Waals surface area contributed by atoms with E-state index < -0.39 is 36.0 Å². The van der Waals surface area contributed by atoms with Crippen LogP contribution in [0.25, 0.3) is 21.9 Å². The Labute approximate surface area is 205 Å². The third kappa shape index (κ3) is 6.04. The number of hydrogen-bond acceptors (Lipinski definition) is 1. The fraction of sp³-hybridized carbons (Fsp3) is 0.310. The summed E-state index contributed by atoms with van der Waals surface area (Å²) in [5, 5.41) is -0.0667. The monoisotopic (exact) mass is 502 g/mol. The Kier molecular flexibility index (Phi) is 7.63. The van der Waals surface area contributed by atoms with Gasteiger partial charge in [-0.25, -0.2) is 13.2 Å². The summed E-state index contributed by atoms with van der Waals surface area (Å²) in [7, 11) is 0. The van der Waals surface area contributed by atoms with Gasteiger partial charge in [0.15, 0.2) is 24.0 Å². The Balaban J connectivity index is 1.54. The van der Waals surface area contributed by atoms with E-state index in [9.17, 15) is 26.3 Å². The molecule has 4 rings (SSSR count). The van der Waals surface area contributed by atoms with Gasteiger partial charge in [-0.2, -0.15) is 13.2 Å². The lowest BCUT2D eigenvalue weighted by atomic mass is 9.82. The zero-order valence-electron chi connectivity index (χ0n) is 19.6. The Hall–Kier alpha value is -3.40. The van der Waals surface area contributed by atoms with Crippen molar-refractivity contribution >= 4 is 10.8 Å². The highest BCUT2D eigenvalue weighted by Crippen LogP contribution is 2.34. The first-order valence-corrected chi connectivity index (χ1v) is 11.7. The van der Waals surface area contributed by atoms with Gasteiger partial charge in [-0.15, -0.1) is 0 Å². The molecule has 1 aliphatic carbocycles. The van der Waals surface area contributed by atoms with Crippen LogP contribution >= 0.6 is 0 Å². The van der Waals surface area contributed by atoms with E-state index in [-0.39, 0.29) is 22.3 Å². The summed E-state index contributed by atoms with van der Waals surface area (Å²) >= 11 is 0. The van der Waals surface area contributed by atoms with Crippen LogP contribution in [0.2, 0.25) is 0 Å². The lowest BCUT2D eigenvalue weighted by Crippen LogP contribution is -2.20. The van der Waals surface area contributed by atoms with Gasteiger partial charge in [0.05, 0.1) is 0 Å².